The van der Waals surface area contributed by atoms with Crippen LogP contribution < -0.4 is 10.1 Å². The molecule has 0 radical (unpaired) electrons. The molecule has 118 valence electrons. The quantitative estimate of drug-likeness (QED) is 0.721. The Balaban J connectivity index is 2.37. The first-order chi connectivity index (χ1) is 10.5. The zero-order valence-electron chi connectivity index (χ0n) is 13.0. The van der Waals surface area contributed by atoms with E-state index in [4.69, 9.17) is 10.00 Å². The lowest BCUT2D eigenvalue weighted by Crippen LogP contribution is -2.27. The number of aliphatic hydroxyl groups excluding tert-OH is 1. The molecule has 22 heavy (non-hydrogen) atoms. The number of aliphatic hydroxyl groups is 1. The maximum absolute atomic E-state index is 11.6. The van der Waals surface area contributed by atoms with E-state index in [-0.39, 0.29) is 18.4 Å². The summed E-state index contributed by atoms with van der Waals surface area (Å²) in [6, 6.07) is 9.00. The van der Waals surface area contributed by atoms with Crippen LogP contribution in [0.5, 0.6) is 5.75 Å². The summed E-state index contributed by atoms with van der Waals surface area (Å²) in [4.78, 5) is 11.6. The monoisotopic (exact) mass is 302 g/mol. The topological polar surface area (TPSA) is 82.3 Å². The van der Waals surface area contributed by atoms with Crippen LogP contribution in [0.25, 0.3) is 6.08 Å². The van der Waals surface area contributed by atoms with Gasteiger partial charge in [-0.25, -0.2) is 0 Å². The SMILES string of the molecule is CC(C)C(O)CCNC(=O)C=Cc1ccc(OCC#N)cc1. The molecular weight excluding hydrogens is 280 g/mol. The molecule has 1 aromatic rings. The molecule has 1 amide bonds. The third kappa shape index (κ3) is 6.91. The lowest BCUT2D eigenvalue weighted by Gasteiger charge is -2.13. The van der Waals surface area contributed by atoms with Gasteiger partial charge in [-0.05, 0) is 36.1 Å². The minimum absolute atomic E-state index is 0.0137. The second-order valence-electron chi connectivity index (χ2n) is 5.24. The zero-order chi connectivity index (χ0) is 16.4. The molecule has 1 aromatic carbocycles. The molecule has 0 heterocycles. The fourth-order valence-electron chi connectivity index (χ4n) is 1.70. The van der Waals surface area contributed by atoms with Crippen LogP contribution in [0.15, 0.2) is 30.3 Å². The largest absolute Gasteiger partial charge is 0.479 e. The van der Waals surface area contributed by atoms with Gasteiger partial charge in [0.1, 0.15) is 11.8 Å². The Morgan fingerprint density at radius 2 is 2.09 bits per heavy atom. The number of amides is 1. The Morgan fingerprint density at radius 3 is 2.68 bits per heavy atom. The minimum Gasteiger partial charge on any atom is -0.479 e. The molecule has 2 N–H and O–H groups in total. The molecule has 1 unspecified atom stereocenters. The molecule has 0 aromatic heterocycles. The van der Waals surface area contributed by atoms with Gasteiger partial charge >= 0.3 is 0 Å². The number of hydrogen-bond acceptors (Lipinski definition) is 4. The molecule has 0 aliphatic carbocycles. The van der Waals surface area contributed by atoms with Crippen molar-refractivity contribution in [1.29, 1.82) is 5.26 Å². The molecule has 0 aliphatic heterocycles. The van der Waals surface area contributed by atoms with E-state index in [2.05, 4.69) is 5.32 Å². The highest BCUT2D eigenvalue weighted by atomic mass is 16.5. The van der Waals surface area contributed by atoms with Gasteiger partial charge < -0.3 is 15.2 Å². The molecule has 0 bridgehead atoms. The van der Waals surface area contributed by atoms with Crippen molar-refractivity contribution in [2.45, 2.75) is 26.4 Å². The average molecular weight is 302 g/mol. The molecule has 1 atom stereocenters. The van der Waals surface area contributed by atoms with E-state index in [1.807, 2.05) is 19.9 Å². The maximum Gasteiger partial charge on any atom is 0.244 e. The van der Waals surface area contributed by atoms with Crippen LogP contribution in [-0.4, -0.2) is 30.3 Å². The number of hydrogen-bond donors (Lipinski definition) is 2. The molecule has 5 heteroatoms. The van der Waals surface area contributed by atoms with E-state index < -0.39 is 6.10 Å². The standard InChI is InChI=1S/C17H22N2O3/c1-13(2)16(20)9-11-19-17(21)8-5-14-3-6-15(7-4-14)22-12-10-18/h3-8,13,16,20H,9,11-12H2,1-2H3,(H,19,21). The van der Waals surface area contributed by atoms with Gasteiger partial charge in [-0.2, -0.15) is 5.26 Å². The predicted molar refractivity (Wildman–Crippen MR) is 85.1 cm³/mol. The molecule has 5 nitrogen and oxygen atoms in total. The number of rotatable bonds is 8. The molecule has 0 saturated carbocycles. The van der Waals surface area contributed by atoms with Crippen molar-refractivity contribution in [1.82, 2.24) is 5.32 Å². The summed E-state index contributed by atoms with van der Waals surface area (Å²) >= 11 is 0. The van der Waals surface area contributed by atoms with E-state index in [1.54, 1.807) is 30.3 Å². The third-order valence-electron chi connectivity index (χ3n) is 3.12. The number of nitrogens with one attached hydrogen (secondary N) is 1. The molecule has 0 fully saturated rings. The number of ether oxygens (including phenoxy) is 1. The van der Waals surface area contributed by atoms with E-state index in [0.29, 0.717) is 18.7 Å². The van der Waals surface area contributed by atoms with Crippen molar-refractivity contribution in [3.63, 3.8) is 0 Å². The van der Waals surface area contributed by atoms with Crippen LogP contribution in [0.4, 0.5) is 0 Å². The molecule has 1 rings (SSSR count). The fourth-order valence-corrected chi connectivity index (χ4v) is 1.70. The first-order valence-corrected chi connectivity index (χ1v) is 7.26. The van der Waals surface area contributed by atoms with E-state index in [0.717, 1.165) is 5.56 Å². The molecule has 0 aliphatic rings. The number of carbonyl (C=O) groups excluding carboxylic acids is 1. The smallest absolute Gasteiger partial charge is 0.244 e. The molecule has 0 spiro atoms. The van der Waals surface area contributed by atoms with Gasteiger partial charge in [0.05, 0.1) is 6.10 Å². The first kappa shape index (κ1) is 17.7. The Labute approximate surface area is 131 Å². The van der Waals surface area contributed by atoms with Gasteiger partial charge in [-0.15, -0.1) is 0 Å². The van der Waals surface area contributed by atoms with Crippen molar-refractivity contribution in [2.24, 2.45) is 5.92 Å². The van der Waals surface area contributed by atoms with Crippen molar-refractivity contribution < 1.29 is 14.6 Å². The van der Waals surface area contributed by atoms with Crippen LogP contribution in [0, 0.1) is 17.2 Å². The normalized spacial score (nSPS) is 12.1. The maximum atomic E-state index is 11.6. The molecule has 0 saturated heterocycles. The third-order valence-corrected chi connectivity index (χ3v) is 3.12. The van der Waals surface area contributed by atoms with Crippen LogP contribution in [0.1, 0.15) is 25.8 Å². The van der Waals surface area contributed by atoms with Gasteiger partial charge in [0.2, 0.25) is 5.91 Å². The van der Waals surface area contributed by atoms with Gasteiger partial charge in [0, 0.05) is 12.6 Å². The number of carbonyl (C=O) groups is 1. The average Bonchev–Trinajstić information content (AvgIpc) is 2.51. The van der Waals surface area contributed by atoms with Crippen molar-refractivity contribution in [2.75, 3.05) is 13.2 Å². The van der Waals surface area contributed by atoms with Crippen LogP contribution in [-0.2, 0) is 4.79 Å². The summed E-state index contributed by atoms with van der Waals surface area (Å²) in [5.74, 6) is 0.612. The Bertz CT molecular complexity index is 530. The van der Waals surface area contributed by atoms with E-state index >= 15 is 0 Å². The van der Waals surface area contributed by atoms with Gasteiger partial charge in [-0.3, -0.25) is 4.79 Å². The van der Waals surface area contributed by atoms with E-state index in [1.165, 1.54) is 6.08 Å². The van der Waals surface area contributed by atoms with Crippen LogP contribution in [0.2, 0.25) is 0 Å². The summed E-state index contributed by atoms with van der Waals surface area (Å²) in [5.41, 5.74) is 0.863. The lowest BCUT2D eigenvalue weighted by molar-refractivity contribution is -0.116. The van der Waals surface area contributed by atoms with Crippen LogP contribution >= 0.6 is 0 Å². The first-order valence-electron chi connectivity index (χ1n) is 7.26. The Kier molecular flexibility index (Phi) is 7.73. The summed E-state index contributed by atoms with van der Waals surface area (Å²) in [7, 11) is 0. The Morgan fingerprint density at radius 1 is 1.41 bits per heavy atom. The van der Waals surface area contributed by atoms with Crippen molar-refractivity contribution in [3.05, 3.63) is 35.9 Å². The number of nitriles is 1. The summed E-state index contributed by atoms with van der Waals surface area (Å²) < 4.78 is 5.14. The predicted octanol–water partition coefficient (Wildman–Crippen LogP) is 2.13. The van der Waals surface area contributed by atoms with Gasteiger partial charge in [-0.1, -0.05) is 26.0 Å². The number of benzene rings is 1. The summed E-state index contributed by atoms with van der Waals surface area (Å²) in [6.45, 7) is 4.34. The highest BCUT2D eigenvalue weighted by molar-refractivity contribution is 5.91. The van der Waals surface area contributed by atoms with Gasteiger partial charge in [0.25, 0.3) is 0 Å². The van der Waals surface area contributed by atoms with Gasteiger partial charge in [0.15, 0.2) is 6.61 Å². The highest BCUT2D eigenvalue weighted by Gasteiger charge is 2.08. The lowest BCUT2D eigenvalue weighted by atomic mass is 10.0. The van der Waals surface area contributed by atoms with Crippen LogP contribution in [0.3, 0.4) is 0 Å². The molecular formula is C17H22N2O3. The summed E-state index contributed by atoms with van der Waals surface area (Å²) in [6.07, 6.45) is 3.29. The Hall–Kier alpha value is -2.32. The zero-order valence-corrected chi connectivity index (χ0v) is 13.0. The highest BCUT2D eigenvalue weighted by Crippen LogP contribution is 2.13. The summed E-state index contributed by atoms with van der Waals surface area (Å²) in [5, 5.41) is 20.8. The minimum atomic E-state index is -0.398. The second kappa shape index (κ2) is 9.59. The van der Waals surface area contributed by atoms with E-state index in [9.17, 15) is 9.90 Å². The number of nitrogens with zero attached hydrogens (tertiary/aromatic N) is 1. The fraction of sp³-hybridized carbons (Fsp3) is 0.412. The van der Waals surface area contributed by atoms with Crippen molar-refractivity contribution >= 4 is 12.0 Å². The van der Waals surface area contributed by atoms with Crippen molar-refractivity contribution in [3.8, 4) is 11.8 Å². The second-order valence-corrected chi connectivity index (χ2v) is 5.24.